The summed E-state index contributed by atoms with van der Waals surface area (Å²) < 4.78 is 0. The van der Waals surface area contributed by atoms with E-state index >= 15 is 0 Å². The Labute approximate surface area is 159 Å². The smallest absolute Gasteiger partial charge is 0.274 e. The molecule has 2 aliphatic rings. The van der Waals surface area contributed by atoms with Crippen molar-refractivity contribution in [2.75, 3.05) is 32.7 Å². The lowest BCUT2D eigenvalue weighted by atomic mass is 10.1. The molecule has 0 spiro atoms. The van der Waals surface area contributed by atoms with E-state index in [-0.39, 0.29) is 18.3 Å². The van der Waals surface area contributed by atoms with E-state index in [0.29, 0.717) is 11.7 Å². The van der Waals surface area contributed by atoms with E-state index in [1.165, 1.54) is 5.56 Å². The molecular weight excluding hydrogens is 352 g/mol. The number of piperazine rings is 1. The number of aromatic amines is 1. The molecule has 26 heavy (non-hydrogen) atoms. The first-order chi connectivity index (χ1) is 12.2. The number of halogens is 1. The summed E-state index contributed by atoms with van der Waals surface area (Å²) in [6, 6.07) is 4.40. The van der Waals surface area contributed by atoms with Crippen LogP contribution in [0.3, 0.4) is 0 Å². The van der Waals surface area contributed by atoms with Crippen molar-refractivity contribution in [1.29, 1.82) is 0 Å². The molecule has 0 aromatic carbocycles. The van der Waals surface area contributed by atoms with E-state index in [1.807, 2.05) is 17.2 Å². The summed E-state index contributed by atoms with van der Waals surface area (Å²) in [5.41, 5.74) is 3.96. The number of H-pyrrole nitrogens is 1. The van der Waals surface area contributed by atoms with E-state index < -0.39 is 0 Å². The molecule has 2 aliphatic heterocycles. The molecule has 4 heterocycles. The van der Waals surface area contributed by atoms with E-state index in [4.69, 9.17) is 0 Å². The van der Waals surface area contributed by atoms with E-state index in [0.717, 1.165) is 56.9 Å². The van der Waals surface area contributed by atoms with Crippen molar-refractivity contribution in [2.45, 2.75) is 25.9 Å². The topological polar surface area (TPSA) is 77.2 Å². The molecule has 2 aromatic heterocycles. The molecule has 2 N–H and O–H groups in total. The third-order valence-electron chi connectivity index (χ3n) is 5.32. The van der Waals surface area contributed by atoms with Crippen LogP contribution in [0, 0.1) is 0 Å². The summed E-state index contributed by atoms with van der Waals surface area (Å²) >= 11 is 0. The molecule has 0 bridgehead atoms. The lowest BCUT2D eigenvalue weighted by Crippen LogP contribution is -2.49. The van der Waals surface area contributed by atoms with Gasteiger partial charge >= 0.3 is 0 Å². The molecule has 0 aliphatic carbocycles. The molecule has 140 valence electrons. The molecule has 7 nitrogen and oxygen atoms in total. The number of hydrogen-bond acceptors (Lipinski definition) is 5. The first-order valence-electron chi connectivity index (χ1n) is 8.94. The minimum Gasteiger partial charge on any atom is -0.335 e. The van der Waals surface area contributed by atoms with Gasteiger partial charge in [-0.25, -0.2) is 0 Å². The normalized spacial score (nSPS) is 18.7. The second-order valence-electron chi connectivity index (χ2n) is 6.75. The zero-order valence-electron chi connectivity index (χ0n) is 14.9. The second kappa shape index (κ2) is 8.16. The van der Waals surface area contributed by atoms with Crippen LogP contribution in [0.5, 0.6) is 0 Å². The largest absolute Gasteiger partial charge is 0.335 e. The molecule has 8 heteroatoms. The van der Waals surface area contributed by atoms with Gasteiger partial charge in [-0.3, -0.25) is 19.8 Å². The molecule has 4 rings (SSSR count). The highest BCUT2D eigenvalue weighted by molar-refractivity contribution is 5.94. The maximum Gasteiger partial charge on any atom is 0.274 e. The highest BCUT2D eigenvalue weighted by Crippen LogP contribution is 2.22. The number of nitrogens with one attached hydrogen (secondary N) is 2. The van der Waals surface area contributed by atoms with Crippen molar-refractivity contribution in [3.8, 4) is 0 Å². The van der Waals surface area contributed by atoms with Gasteiger partial charge in [-0.2, -0.15) is 5.10 Å². The average molecular weight is 377 g/mol. The fraction of sp³-hybridized carbons (Fsp3) is 0.500. The number of amides is 1. The summed E-state index contributed by atoms with van der Waals surface area (Å²) in [6.45, 7) is 7.07. The lowest BCUT2D eigenvalue weighted by molar-refractivity contribution is 0.0575. The Morgan fingerprint density at radius 2 is 2.08 bits per heavy atom. The maximum absolute atomic E-state index is 12.9. The summed E-state index contributed by atoms with van der Waals surface area (Å²) in [6.07, 6.45) is 4.63. The lowest BCUT2D eigenvalue weighted by Gasteiger charge is -2.38. The van der Waals surface area contributed by atoms with Crippen LogP contribution in [0.2, 0.25) is 0 Å². The fourth-order valence-electron chi connectivity index (χ4n) is 3.70. The molecule has 0 saturated carbocycles. The van der Waals surface area contributed by atoms with Gasteiger partial charge in [-0.1, -0.05) is 6.07 Å². The van der Waals surface area contributed by atoms with Gasteiger partial charge in [0.1, 0.15) is 0 Å². The molecule has 0 radical (unpaired) electrons. The van der Waals surface area contributed by atoms with Crippen LogP contribution in [0.25, 0.3) is 0 Å². The van der Waals surface area contributed by atoms with Crippen molar-refractivity contribution < 1.29 is 4.79 Å². The van der Waals surface area contributed by atoms with Crippen molar-refractivity contribution in [2.24, 2.45) is 0 Å². The SMILES string of the molecule is CC(c1cccnc1)N1CCN(C(=O)c2n[nH]c3c2CNCC3)CC1.Cl. The molecule has 1 atom stereocenters. The van der Waals surface area contributed by atoms with Gasteiger partial charge < -0.3 is 10.2 Å². The van der Waals surface area contributed by atoms with Gasteiger partial charge in [-0.05, 0) is 18.6 Å². The fourth-order valence-corrected chi connectivity index (χ4v) is 3.70. The molecule has 1 fully saturated rings. The number of nitrogens with zero attached hydrogens (tertiary/aromatic N) is 4. The predicted octanol–water partition coefficient (Wildman–Crippen LogP) is 1.39. The van der Waals surface area contributed by atoms with Crippen LogP contribution in [0.15, 0.2) is 24.5 Å². The maximum atomic E-state index is 12.9. The third kappa shape index (κ3) is 3.60. The van der Waals surface area contributed by atoms with Crippen molar-refractivity contribution >= 4 is 18.3 Å². The second-order valence-corrected chi connectivity index (χ2v) is 6.75. The Morgan fingerprint density at radius 1 is 1.27 bits per heavy atom. The first-order valence-corrected chi connectivity index (χ1v) is 8.94. The third-order valence-corrected chi connectivity index (χ3v) is 5.32. The number of fused-ring (bicyclic) bond motifs is 1. The Morgan fingerprint density at radius 3 is 2.81 bits per heavy atom. The number of pyridine rings is 1. The predicted molar refractivity (Wildman–Crippen MR) is 101 cm³/mol. The molecule has 1 amide bonds. The van der Waals surface area contributed by atoms with Gasteiger partial charge in [0, 0.05) is 75.4 Å². The summed E-state index contributed by atoms with van der Waals surface area (Å²) in [5.74, 6) is 0.0508. The average Bonchev–Trinajstić information content (AvgIpc) is 3.12. The van der Waals surface area contributed by atoms with Gasteiger partial charge in [0.15, 0.2) is 5.69 Å². The van der Waals surface area contributed by atoms with Crippen LogP contribution < -0.4 is 5.32 Å². The number of hydrogen-bond donors (Lipinski definition) is 2. The minimum atomic E-state index is 0. The molecule has 2 aromatic rings. The quantitative estimate of drug-likeness (QED) is 0.846. The number of rotatable bonds is 3. The number of carbonyl (C=O) groups excluding carboxylic acids is 1. The highest BCUT2D eigenvalue weighted by atomic mass is 35.5. The Hall–Kier alpha value is -1.96. The van der Waals surface area contributed by atoms with Crippen LogP contribution >= 0.6 is 12.4 Å². The van der Waals surface area contributed by atoms with E-state index in [2.05, 4.69) is 38.4 Å². The summed E-state index contributed by atoms with van der Waals surface area (Å²) in [4.78, 5) is 21.4. The zero-order valence-corrected chi connectivity index (χ0v) is 15.8. The van der Waals surface area contributed by atoms with Crippen LogP contribution in [-0.2, 0) is 13.0 Å². The van der Waals surface area contributed by atoms with Crippen LogP contribution in [0.4, 0.5) is 0 Å². The van der Waals surface area contributed by atoms with Gasteiger partial charge in [-0.15, -0.1) is 12.4 Å². The Kier molecular flexibility index (Phi) is 5.90. The zero-order chi connectivity index (χ0) is 17.2. The van der Waals surface area contributed by atoms with E-state index in [9.17, 15) is 4.79 Å². The number of aromatic nitrogens is 3. The standard InChI is InChI=1S/C18H24N6O.ClH/c1-13(14-3-2-5-19-11-14)23-7-9-24(10-8-23)18(25)17-15-12-20-6-4-16(15)21-22-17;/h2-3,5,11,13,20H,4,6-10,12H2,1H3,(H,21,22);1H. The minimum absolute atomic E-state index is 0. The first kappa shape index (κ1) is 18.8. The summed E-state index contributed by atoms with van der Waals surface area (Å²) in [7, 11) is 0. The highest BCUT2D eigenvalue weighted by Gasteiger charge is 2.29. The van der Waals surface area contributed by atoms with Gasteiger partial charge in [0.2, 0.25) is 0 Å². The van der Waals surface area contributed by atoms with Crippen LogP contribution in [0.1, 0.15) is 40.3 Å². The molecule has 1 unspecified atom stereocenters. The number of carbonyl (C=O) groups is 1. The Balaban J connectivity index is 0.00000196. The summed E-state index contributed by atoms with van der Waals surface area (Å²) in [5, 5.41) is 10.7. The van der Waals surface area contributed by atoms with E-state index in [1.54, 1.807) is 6.20 Å². The molecule has 1 saturated heterocycles. The van der Waals surface area contributed by atoms with Crippen molar-refractivity contribution in [3.05, 3.63) is 47.0 Å². The van der Waals surface area contributed by atoms with Crippen molar-refractivity contribution in [1.82, 2.24) is 30.3 Å². The molecular formula is C18H25ClN6O. The Bertz CT molecular complexity index is 741. The van der Waals surface area contributed by atoms with Crippen molar-refractivity contribution in [3.63, 3.8) is 0 Å². The van der Waals surface area contributed by atoms with Gasteiger partial charge in [0.05, 0.1) is 0 Å². The monoisotopic (exact) mass is 376 g/mol. The van der Waals surface area contributed by atoms with Crippen LogP contribution in [-0.4, -0.2) is 63.6 Å². The van der Waals surface area contributed by atoms with Gasteiger partial charge in [0.25, 0.3) is 5.91 Å².